The Hall–Kier alpha value is -1.84. The molecule has 0 spiro atoms. The number of rotatable bonds is 2. The summed E-state index contributed by atoms with van der Waals surface area (Å²) >= 11 is 0. The Morgan fingerprint density at radius 1 is 0.889 bits per heavy atom. The Morgan fingerprint density at radius 2 is 1.56 bits per heavy atom. The molecule has 3 heteroatoms. The van der Waals surface area contributed by atoms with E-state index in [4.69, 9.17) is 9.47 Å². The van der Waals surface area contributed by atoms with Crippen LogP contribution in [0.4, 0.5) is 0 Å². The van der Waals surface area contributed by atoms with Crippen molar-refractivity contribution in [1.29, 1.82) is 0 Å². The van der Waals surface area contributed by atoms with Crippen LogP contribution in [0, 0.1) is 0 Å². The highest BCUT2D eigenvalue weighted by molar-refractivity contribution is 5.70. The average Bonchev–Trinajstić information content (AvgIpc) is 2.94. The molecule has 0 amide bonds. The molecule has 2 aromatic carbocycles. The molecule has 18 heavy (non-hydrogen) atoms. The minimum Gasteiger partial charge on any atom is -0.507 e. The maximum atomic E-state index is 9.80. The van der Waals surface area contributed by atoms with Crippen molar-refractivity contribution in [3.63, 3.8) is 0 Å². The fourth-order valence-corrected chi connectivity index (χ4v) is 2.09. The fraction of sp³-hybridized carbons (Fsp3) is 0.200. The third kappa shape index (κ3) is 2.10. The maximum absolute atomic E-state index is 9.80. The largest absolute Gasteiger partial charge is 0.507 e. The predicted molar refractivity (Wildman–Crippen MR) is 68.2 cm³/mol. The van der Waals surface area contributed by atoms with Crippen molar-refractivity contribution < 1.29 is 14.6 Å². The fourth-order valence-electron chi connectivity index (χ4n) is 2.09. The summed E-state index contributed by atoms with van der Waals surface area (Å²) < 4.78 is 10.9. The number of phenols is 1. The molecular weight excluding hydrogens is 228 g/mol. The second-order valence-corrected chi connectivity index (χ2v) is 4.21. The Bertz CT molecular complexity index is 528. The second-order valence-electron chi connectivity index (χ2n) is 4.21. The average molecular weight is 242 g/mol. The van der Waals surface area contributed by atoms with Gasteiger partial charge in [0.1, 0.15) is 5.75 Å². The van der Waals surface area contributed by atoms with Crippen LogP contribution in [-0.4, -0.2) is 18.3 Å². The monoisotopic (exact) mass is 242 g/mol. The molecule has 0 atom stereocenters. The number of aromatic hydroxyl groups is 1. The molecule has 1 aliphatic heterocycles. The standard InChI is InChI=1S/C15H14O3/c16-14-4-2-1-3-13(14)11-5-7-12(8-6-11)15-17-9-10-18-15/h1-8,15-16H,9-10H2. The molecule has 0 bridgehead atoms. The van der Waals surface area contributed by atoms with Crippen LogP contribution in [0.25, 0.3) is 11.1 Å². The van der Waals surface area contributed by atoms with Crippen LogP contribution in [0.2, 0.25) is 0 Å². The Labute approximate surface area is 106 Å². The van der Waals surface area contributed by atoms with Crippen molar-refractivity contribution in [2.45, 2.75) is 6.29 Å². The number of benzene rings is 2. The molecule has 1 fully saturated rings. The van der Waals surface area contributed by atoms with E-state index in [-0.39, 0.29) is 6.29 Å². The molecule has 3 rings (SSSR count). The molecule has 0 aromatic heterocycles. The van der Waals surface area contributed by atoms with Crippen LogP contribution in [0.15, 0.2) is 48.5 Å². The van der Waals surface area contributed by atoms with E-state index < -0.39 is 0 Å². The lowest BCUT2D eigenvalue weighted by Crippen LogP contribution is -1.97. The SMILES string of the molecule is Oc1ccccc1-c1ccc(C2OCCO2)cc1. The lowest BCUT2D eigenvalue weighted by atomic mass is 10.0. The Morgan fingerprint density at radius 3 is 2.22 bits per heavy atom. The van der Waals surface area contributed by atoms with Gasteiger partial charge in [-0.05, 0) is 11.6 Å². The first kappa shape index (κ1) is 11.3. The van der Waals surface area contributed by atoms with E-state index in [1.807, 2.05) is 42.5 Å². The van der Waals surface area contributed by atoms with Crippen molar-refractivity contribution in [3.05, 3.63) is 54.1 Å². The van der Waals surface area contributed by atoms with Gasteiger partial charge in [0.25, 0.3) is 0 Å². The Kier molecular flexibility index (Phi) is 3.00. The topological polar surface area (TPSA) is 38.7 Å². The van der Waals surface area contributed by atoms with E-state index in [0.717, 1.165) is 16.7 Å². The van der Waals surface area contributed by atoms with Gasteiger partial charge in [-0.3, -0.25) is 0 Å². The Balaban J connectivity index is 1.89. The second kappa shape index (κ2) is 4.80. The maximum Gasteiger partial charge on any atom is 0.184 e. The molecule has 1 heterocycles. The van der Waals surface area contributed by atoms with Crippen LogP contribution in [-0.2, 0) is 9.47 Å². The zero-order valence-electron chi connectivity index (χ0n) is 9.87. The zero-order chi connectivity index (χ0) is 12.4. The minimum atomic E-state index is -0.247. The highest BCUT2D eigenvalue weighted by atomic mass is 16.7. The molecule has 3 nitrogen and oxygen atoms in total. The summed E-state index contributed by atoms with van der Waals surface area (Å²) in [5.41, 5.74) is 2.82. The van der Waals surface area contributed by atoms with Crippen LogP contribution >= 0.6 is 0 Å². The van der Waals surface area contributed by atoms with Crippen molar-refractivity contribution >= 4 is 0 Å². The summed E-state index contributed by atoms with van der Waals surface area (Å²) in [4.78, 5) is 0. The van der Waals surface area contributed by atoms with E-state index in [0.29, 0.717) is 19.0 Å². The molecule has 92 valence electrons. The zero-order valence-corrected chi connectivity index (χ0v) is 9.87. The molecular formula is C15H14O3. The van der Waals surface area contributed by atoms with Gasteiger partial charge in [-0.15, -0.1) is 0 Å². The van der Waals surface area contributed by atoms with Crippen molar-refractivity contribution in [2.24, 2.45) is 0 Å². The highest BCUT2D eigenvalue weighted by Crippen LogP contribution is 2.30. The summed E-state index contributed by atoms with van der Waals surface area (Å²) in [6.07, 6.45) is -0.247. The number of hydrogen-bond acceptors (Lipinski definition) is 3. The van der Waals surface area contributed by atoms with Crippen LogP contribution in [0.5, 0.6) is 5.75 Å². The normalized spacial score (nSPS) is 16.0. The molecule has 1 N–H and O–H groups in total. The van der Waals surface area contributed by atoms with Gasteiger partial charge in [-0.2, -0.15) is 0 Å². The van der Waals surface area contributed by atoms with E-state index in [2.05, 4.69) is 0 Å². The van der Waals surface area contributed by atoms with E-state index in [1.165, 1.54) is 0 Å². The van der Waals surface area contributed by atoms with Crippen LogP contribution in [0.3, 0.4) is 0 Å². The first-order chi connectivity index (χ1) is 8.84. The molecule has 1 saturated heterocycles. The number of hydrogen-bond donors (Lipinski definition) is 1. The molecule has 0 radical (unpaired) electrons. The lowest BCUT2D eigenvalue weighted by molar-refractivity contribution is -0.0441. The quantitative estimate of drug-likeness (QED) is 0.879. The molecule has 0 aliphatic carbocycles. The first-order valence-electron chi connectivity index (χ1n) is 5.96. The van der Waals surface area contributed by atoms with Gasteiger partial charge in [0.05, 0.1) is 13.2 Å². The summed E-state index contributed by atoms with van der Waals surface area (Å²) in [6.45, 7) is 1.29. The summed E-state index contributed by atoms with van der Waals surface area (Å²) in [6, 6.07) is 15.2. The summed E-state index contributed by atoms with van der Waals surface area (Å²) in [5, 5.41) is 9.80. The minimum absolute atomic E-state index is 0.247. The highest BCUT2D eigenvalue weighted by Gasteiger charge is 2.17. The van der Waals surface area contributed by atoms with E-state index in [9.17, 15) is 5.11 Å². The van der Waals surface area contributed by atoms with Gasteiger partial charge in [-0.25, -0.2) is 0 Å². The van der Waals surface area contributed by atoms with Crippen molar-refractivity contribution in [3.8, 4) is 16.9 Å². The van der Waals surface area contributed by atoms with E-state index >= 15 is 0 Å². The first-order valence-corrected chi connectivity index (χ1v) is 5.96. The molecule has 0 saturated carbocycles. The number of para-hydroxylation sites is 1. The third-order valence-electron chi connectivity index (χ3n) is 3.02. The van der Waals surface area contributed by atoms with Crippen LogP contribution < -0.4 is 0 Å². The van der Waals surface area contributed by atoms with Crippen molar-refractivity contribution in [2.75, 3.05) is 13.2 Å². The number of ether oxygens (including phenoxy) is 2. The predicted octanol–water partition coefficient (Wildman–Crippen LogP) is 3.10. The van der Waals surface area contributed by atoms with Crippen molar-refractivity contribution in [1.82, 2.24) is 0 Å². The van der Waals surface area contributed by atoms with Gasteiger partial charge in [-0.1, -0.05) is 42.5 Å². The van der Waals surface area contributed by atoms with Gasteiger partial charge < -0.3 is 14.6 Å². The lowest BCUT2D eigenvalue weighted by Gasteiger charge is -2.10. The molecule has 2 aromatic rings. The van der Waals surface area contributed by atoms with Crippen LogP contribution in [0.1, 0.15) is 11.9 Å². The third-order valence-corrected chi connectivity index (χ3v) is 3.02. The summed E-state index contributed by atoms with van der Waals surface area (Å²) in [7, 11) is 0. The van der Waals surface area contributed by atoms with Gasteiger partial charge >= 0.3 is 0 Å². The molecule has 1 aliphatic rings. The van der Waals surface area contributed by atoms with E-state index in [1.54, 1.807) is 6.07 Å². The molecule has 0 unspecified atom stereocenters. The van der Waals surface area contributed by atoms with Gasteiger partial charge in [0.15, 0.2) is 6.29 Å². The van der Waals surface area contributed by atoms with Gasteiger partial charge in [0, 0.05) is 11.1 Å². The van der Waals surface area contributed by atoms with Gasteiger partial charge in [0.2, 0.25) is 0 Å². The smallest absolute Gasteiger partial charge is 0.184 e. The number of phenolic OH excluding ortho intramolecular Hbond substituents is 1. The summed E-state index contributed by atoms with van der Waals surface area (Å²) in [5.74, 6) is 0.290.